The molecule has 2 amide bonds. The van der Waals surface area contributed by atoms with Crippen LogP contribution < -0.4 is 4.90 Å². The molecule has 4 aromatic rings. The molecule has 2 aromatic carbocycles. The zero-order valence-corrected chi connectivity index (χ0v) is 20.7. The Morgan fingerprint density at radius 3 is 2.32 bits per heavy atom. The summed E-state index contributed by atoms with van der Waals surface area (Å²) >= 11 is 0. The Morgan fingerprint density at radius 2 is 1.62 bits per heavy atom. The number of carbonyl (C=O) groups excluding carboxylic acids is 2. The molecular weight excluding hydrogens is 468 g/mol. The lowest BCUT2D eigenvalue weighted by molar-refractivity contribution is 0.0745. The molecule has 37 heavy (non-hydrogen) atoms. The molecule has 0 radical (unpaired) electrons. The number of aromatic nitrogens is 3. The molecule has 0 N–H and O–H groups in total. The molecule has 0 saturated carbocycles. The summed E-state index contributed by atoms with van der Waals surface area (Å²) in [6.07, 6.45) is 2.26. The van der Waals surface area contributed by atoms with E-state index in [1.54, 1.807) is 42.4 Å². The predicted octanol–water partition coefficient (Wildman–Crippen LogP) is 3.41. The first kappa shape index (κ1) is 24.2. The van der Waals surface area contributed by atoms with Gasteiger partial charge in [-0.05, 0) is 48.5 Å². The largest absolute Gasteiger partial charge is 0.353 e. The highest BCUT2D eigenvalue weighted by Crippen LogP contribution is 2.20. The van der Waals surface area contributed by atoms with Gasteiger partial charge < -0.3 is 19.2 Å². The van der Waals surface area contributed by atoms with Crippen molar-refractivity contribution in [3.05, 3.63) is 95.9 Å². The number of nitrogens with zero attached hydrogens (tertiary/aromatic N) is 6. The zero-order valence-electron chi connectivity index (χ0n) is 20.7. The summed E-state index contributed by atoms with van der Waals surface area (Å²) in [6, 6.07) is 22.2. The van der Waals surface area contributed by atoms with Crippen LogP contribution in [0.4, 0.5) is 5.82 Å². The number of carbonyl (C=O) groups is 2. The van der Waals surface area contributed by atoms with Gasteiger partial charge in [-0.2, -0.15) is 4.98 Å². The van der Waals surface area contributed by atoms with E-state index in [4.69, 9.17) is 4.52 Å². The van der Waals surface area contributed by atoms with Crippen molar-refractivity contribution in [1.82, 2.24) is 24.9 Å². The van der Waals surface area contributed by atoms with E-state index in [0.717, 1.165) is 24.5 Å². The maximum Gasteiger partial charge on any atom is 0.257 e. The van der Waals surface area contributed by atoms with Gasteiger partial charge in [-0.25, -0.2) is 4.98 Å². The number of anilines is 1. The lowest BCUT2D eigenvalue weighted by Crippen LogP contribution is -2.49. The molecule has 1 fully saturated rings. The van der Waals surface area contributed by atoms with Crippen molar-refractivity contribution in [3.8, 4) is 11.5 Å². The molecular formula is C28H28N6O3. The van der Waals surface area contributed by atoms with E-state index in [1.807, 2.05) is 53.4 Å². The summed E-state index contributed by atoms with van der Waals surface area (Å²) in [5.41, 5.74) is 2.00. The number of amides is 2. The topological polar surface area (TPSA) is 95.7 Å². The van der Waals surface area contributed by atoms with E-state index in [9.17, 15) is 9.59 Å². The first-order valence-corrected chi connectivity index (χ1v) is 12.3. The first-order valence-electron chi connectivity index (χ1n) is 12.3. The average Bonchev–Trinajstić information content (AvgIpc) is 3.45. The van der Waals surface area contributed by atoms with Crippen LogP contribution in [-0.2, 0) is 6.42 Å². The number of likely N-dealkylation sites (N-methyl/N-ethyl adjacent to an activating group) is 1. The van der Waals surface area contributed by atoms with Gasteiger partial charge in [0.1, 0.15) is 5.82 Å². The van der Waals surface area contributed by atoms with Gasteiger partial charge in [0.2, 0.25) is 0 Å². The molecule has 1 aliphatic heterocycles. The average molecular weight is 497 g/mol. The molecule has 0 aliphatic carbocycles. The minimum atomic E-state index is -0.0530. The van der Waals surface area contributed by atoms with Crippen LogP contribution in [0.2, 0.25) is 0 Å². The lowest BCUT2D eigenvalue weighted by Gasteiger charge is -2.35. The van der Waals surface area contributed by atoms with Crippen molar-refractivity contribution in [3.63, 3.8) is 0 Å². The minimum absolute atomic E-state index is 0.00422. The fraction of sp³-hybridized carbons (Fsp3) is 0.250. The Morgan fingerprint density at radius 1 is 0.892 bits per heavy atom. The molecule has 5 rings (SSSR count). The van der Waals surface area contributed by atoms with Crippen molar-refractivity contribution < 1.29 is 14.1 Å². The Hall–Kier alpha value is -4.53. The Kier molecular flexibility index (Phi) is 7.21. The van der Waals surface area contributed by atoms with E-state index in [-0.39, 0.29) is 11.8 Å². The summed E-state index contributed by atoms with van der Waals surface area (Å²) in [4.78, 5) is 40.1. The summed E-state index contributed by atoms with van der Waals surface area (Å²) in [5.74, 6) is 1.79. The molecule has 1 saturated heterocycles. The van der Waals surface area contributed by atoms with Crippen LogP contribution in [0, 0.1) is 0 Å². The number of hydrogen-bond acceptors (Lipinski definition) is 7. The second-order valence-corrected chi connectivity index (χ2v) is 8.90. The smallest absolute Gasteiger partial charge is 0.257 e. The van der Waals surface area contributed by atoms with E-state index < -0.39 is 0 Å². The van der Waals surface area contributed by atoms with Crippen LogP contribution in [0.1, 0.15) is 26.5 Å². The van der Waals surface area contributed by atoms with Gasteiger partial charge in [0.15, 0.2) is 5.82 Å². The fourth-order valence-corrected chi connectivity index (χ4v) is 4.26. The third-order valence-electron chi connectivity index (χ3n) is 6.43. The molecule has 0 unspecified atom stereocenters. The van der Waals surface area contributed by atoms with E-state index in [1.165, 1.54) is 0 Å². The Bertz CT molecular complexity index is 1330. The normalized spacial score (nSPS) is 13.4. The van der Waals surface area contributed by atoms with Gasteiger partial charge >= 0.3 is 0 Å². The number of benzene rings is 2. The fourth-order valence-electron chi connectivity index (χ4n) is 4.26. The number of piperazine rings is 1. The highest BCUT2D eigenvalue weighted by molar-refractivity contribution is 5.95. The van der Waals surface area contributed by atoms with E-state index >= 15 is 0 Å². The van der Waals surface area contributed by atoms with Gasteiger partial charge in [0.25, 0.3) is 17.7 Å². The molecule has 0 bridgehead atoms. The summed E-state index contributed by atoms with van der Waals surface area (Å²) in [6.45, 7) is 3.25. The highest BCUT2D eigenvalue weighted by atomic mass is 16.5. The van der Waals surface area contributed by atoms with Gasteiger partial charge in [0, 0.05) is 69.1 Å². The lowest BCUT2D eigenvalue weighted by atomic mass is 10.1. The number of pyridine rings is 1. The minimum Gasteiger partial charge on any atom is -0.353 e. The van der Waals surface area contributed by atoms with E-state index in [0.29, 0.717) is 48.9 Å². The third kappa shape index (κ3) is 5.66. The van der Waals surface area contributed by atoms with Crippen LogP contribution >= 0.6 is 0 Å². The van der Waals surface area contributed by atoms with Gasteiger partial charge in [0.05, 0.1) is 0 Å². The summed E-state index contributed by atoms with van der Waals surface area (Å²) in [5, 5.41) is 4.05. The van der Waals surface area contributed by atoms with Gasteiger partial charge in [-0.1, -0.05) is 29.4 Å². The van der Waals surface area contributed by atoms with Crippen LogP contribution in [0.25, 0.3) is 11.5 Å². The molecule has 2 aromatic heterocycles. The summed E-state index contributed by atoms with van der Waals surface area (Å²) < 4.78 is 5.43. The first-order chi connectivity index (χ1) is 18.1. The molecule has 0 atom stereocenters. The predicted molar refractivity (Wildman–Crippen MR) is 139 cm³/mol. The van der Waals surface area contributed by atoms with E-state index in [2.05, 4.69) is 20.0 Å². The Labute approximate surface area is 215 Å². The van der Waals surface area contributed by atoms with Crippen LogP contribution in [-0.4, -0.2) is 76.5 Å². The second-order valence-electron chi connectivity index (χ2n) is 8.90. The van der Waals surface area contributed by atoms with Crippen LogP contribution in [0.3, 0.4) is 0 Å². The second kappa shape index (κ2) is 11.0. The van der Waals surface area contributed by atoms with Crippen LogP contribution in [0.15, 0.2) is 83.5 Å². The van der Waals surface area contributed by atoms with Crippen molar-refractivity contribution in [2.75, 3.05) is 44.7 Å². The molecule has 188 valence electrons. The maximum absolute atomic E-state index is 13.0. The van der Waals surface area contributed by atoms with Crippen molar-refractivity contribution in [2.24, 2.45) is 0 Å². The van der Waals surface area contributed by atoms with Crippen molar-refractivity contribution >= 4 is 17.6 Å². The molecule has 3 heterocycles. The quantitative estimate of drug-likeness (QED) is 0.387. The SMILES string of the molecule is CN(CCc1noc(-c2ccc(C(=O)N3CCN(c4ccccn4)CC3)cc2)n1)C(=O)c1ccccc1. The zero-order chi connectivity index (χ0) is 25.6. The third-order valence-corrected chi connectivity index (χ3v) is 6.43. The number of hydrogen-bond donors (Lipinski definition) is 0. The van der Waals surface area contributed by atoms with Crippen molar-refractivity contribution in [1.29, 1.82) is 0 Å². The van der Waals surface area contributed by atoms with Gasteiger partial charge in [-0.15, -0.1) is 0 Å². The molecule has 0 spiro atoms. The maximum atomic E-state index is 13.0. The molecule has 9 heteroatoms. The standard InChI is InChI=1S/C28H28N6O3/c1-32(27(35)22-7-3-2-4-8-22)16-14-24-30-26(37-31-24)21-10-12-23(13-11-21)28(36)34-19-17-33(18-20-34)25-9-5-6-15-29-25/h2-13,15H,14,16-20H2,1H3. The van der Waals surface area contributed by atoms with Gasteiger partial charge in [-0.3, -0.25) is 9.59 Å². The van der Waals surface area contributed by atoms with Crippen LogP contribution in [0.5, 0.6) is 0 Å². The Balaban J connectivity index is 1.14. The highest BCUT2D eigenvalue weighted by Gasteiger charge is 2.23. The molecule has 9 nitrogen and oxygen atoms in total. The molecule has 1 aliphatic rings. The monoisotopic (exact) mass is 496 g/mol. The van der Waals surface area contributed by atoms with Crippen molar-refractivity contribution in [2.45, 2.75) is 6.42 Å². The summed E-state index contributed by atoms with van der Waals surface area (Å²) in [7, 11) is 1.75. The number of rotatable bonds is 7.